The molecule has 1 atom stereocenters. The lowest BCUT2D eigenvalue weighted by atomic mass is 10.1. The average molecular weight is 236 g/mol. The van der Waals surface area contributed by atoms with Crippen molar-refractivity contribution in [3.8, 4) is 0 Å². The Hall–Kier alpha value is -0.510. The zero-order valence-corrected chi connectivity index (χ0v) is 10.7. The third-order valence-corrected chi connectivity index (χ3v) is 4.37. The molecule has 1 aromatic rings. The number of hydrogen-bond donors (Lipinski definition) is 1. The maximum atomic E-state index is 5.61. The molecular weight excluding hydrogens is 216 g/mol. The van der Waals surface area contributed by atoms with Gasteiger partial charge < -0.3 is 10.6 Å². The van der Waals surface area contributed by atoms with Gasteiger partial charge in [-0.3, -0.25) is 0 Å². The zero-order chi connectivity index (χ0) is 11.4. The van der Waals surface area contributed by atoms with Crippen molar-refractivity contribution in [3.05, 3.63) is 29.8 Å². The van der Waals surface area contributed by atoms with E-state index < -0.39 is 0 Å². The lowest BCUT2D eigenvalue weighted by molar-refractivity contribution is 0.297. The molecule has 0 amide bonds. The fourth-order valence-corrected chi connectivity index (χ4v) is 3.57. The Kier molecular flexibility index (Phi) is 4.27. The van der Waals surface area contributed by atoms with Gasteiger partial charge in [-0.1, -0.05) is 25.1 Å². The second kappa shape index (κ2) is 5.71. The first-order valence-corrected chi connectivity index (χ1v) is 6.88. The highest BCUT2D eigenvalue weighted by Gasteiger charge is 2.23. The number of thioether (sulfide) groups is 1. The molecule has 0 saturated carbocycles. The van der Waals surface area contributed by atoms with E-state index in [1.54, 1.807) is 0 Å². The van der Waals surface area contributed by atoms with Crippen LogP contribution in [0.5, 0.6) is 0 Å². The third kappa shape index (κ3) is 2.78. The van der Waals surface area contributed by atoms with E-state index in [-0.39, 0.29) is 0 Å². The van der Waals surface area contributed by atoms with Crippen LogP contribution >= 0.6 is 11.8 Å². The number of benzene rings is 1. The van der Waals surface area contributed by atoms with E-state index in [2.05, 4.69) is 36.1 Å². The van der Waals surface area contributed by atoms with E-state index >= 15 is 0 Å². The van der Waals surface area contributed by atoms with Crippen molar-refractivity contribution < 1.29 is 0 Å². The van der Waals surface area contributed by atoms with Gasteiger partial charge in [-0.05, 0) is 24.6 Å². The summed E-state index contributed by atoms with van der Waals surface area (Å²) >= 11 is 2.02. The number of nitrogens with two attached hydrogens (primary N) is 1. The van der Waals surface area contributed by atoms with Gasteiger partial charge in [0.1, 0.15) is 0 Å². The second-order valence-corrected chi connectivity index (χ2v) is 5.58. The van der Waals surface area contributed by atoms with Gasteiger partial charge >= 0.3 is 0 Å². The van der Waals surface area contributed by atoms with Crippen LogP contribution < -0.4 is 5.73 Å². The minimum atomic E-state index is 0.712. The van der Waals surface area contributed by atoms with Crippen LogP contribution in [-0.2, 0) is 6.42 Å². The topological polar surface area (TPSA) is 29.3 Å². The van der Waals surface area contributed by atoms with Gasteiger partial charge in [0.05, 0.1) is 0 Å². The van der Waals surface area contributed by atoms with Crippen LogP contribution in [0.4, 0.5) is 0 Å². The molecule has 1 aromatic carbocycles. The molecule has 0 bridgehead atoms. The Labute approximate surface area is 102 Å². The van der Waals surface area contributed by atoms with Gasteiger partial charge in [-0.25, -0.2) is 0 Å². The molecule has 0 aliphatic carbocycles. The molecule has 2 nitrogen and oxygen atoms in total. The normalized spacial score (nSPS) is 19.1. The first-order valence-electron chi connectivity index (χ1n) is 6.00. The molecule has 3 heteroatoms. The van der Waals surface area contributed by atoms with E-state index in [1.165, 1.54) is 16.9 Å². The molecule has 0 aromatic heterocycles. The molecule has 1 heterocycles. The predicted molar refractivity (Wildman–Crippen MR) is 71.0 cm³/mol. The highest BCUT2D eigenvalue weighted by Crippen LogP contribution is 2.36. The lowest BCUT2D eigenvalue weighted by Gasteiger charge is -2.22. The van der Waals surface area contributed by atoms with Crippen molar-refractivity contribution in [1.29, 1.82) is 0 Å². The van der Waals surface area contributed by atoms with Gasteiger partial charge in [-0.15, -0.1) is 11.8 Å². The summed E-state index contributed by atoms with van der Waals surface area (Å²) in [5, 5.41) is 0.712. The Bertz CT molecular complexity index is 315. The van der Waals surface area contributed by atoms with Gasteiger partial charge in [0, 0.05) is 29.8 Å². The highest BCUT2D eigenvalue weighted by molar-refractivity contribution is 8.00. The Morgan fingerprint density at radius 3 is 2.94 bits per heavy atom. The molecule has 1 unspecified atom stereocenters. The van der Waals surface area contributed by atoms with E-state index in [9.17, 15) is 0 Å². The van der Waals surface area contributed by atoms with Crippen molar-refractivity contribution in [1.82, 2.24) is 4.90 Å². The second-order valence-electron chi connectivity index (χ2n) is 4.23. The summed E-state index contributed by atoms with van der Waals surface area (Å²) < 4.78 is 0. The summed E-state index contributed by atoms with van der Waals surface area (Å²) in [6.07, 6.45) is 1.21. The van der Waals surface area contributed by atoms with Crippen molar-refractivity contribution in [2.75, 3.05) is 26.2 Å². The van der Waals surface area contributed by atoms with Crippen LogP contribution in [0, 0.1) is 0 Å². The lowest BCUT2D eigenvalue weighted by Crippen LogP contribution is -2.34. The molecule has 2 N–H and O–H groups in total. The largest absolute Gasteiger partial charge is 0.329 e. The first kappa shape index (κ1) is 12.0. The molecule has 1 aliphatic rings. The summed E-state index contributed by atoms with van der Waals surface area (Å²) in [6.45, 7) is 6.25. The molecule has 16 heavy (non-hydrogen) atoms. The van der Waals surface area contributed by atoms with Crippen LogP contribution in [0.15, 0.2) is 29.2 Å². The number of hydrogen-bond acceptors (Lipinski definition) is 3. The molecule has 0 saturated heterocycles. The fraction of sp³-hybridized carbons (Fsp3) is 0.538. The number of rotatable bonds is 5. The maximum Gasteiger partial charge on any atom is 0.0263 e. The number of fused-ring (bicyclic) bond motifs is 1. The summed E-state index contributed by atoms with van der Waals surface area (Å²) in [7, 11) is 0. The van der Waals surface area contributed by atoms with E-state index in [0.29, 0.717) is 5.25 Å². The highest BCUT2D eigenvalue weighted by atomic mass is 32.2. The van der Waals surface area contributed by atoms with Crippen LogP contribution in [0.2, 0.25) is 0 Å². The Morgan fingerprint density at radius 1 is 1.44 bits per heavy atom. The molecule has 0 fully saturated rings. The van der Waals surface area contributed by atoms with E-state index in [1.807, 2.05) is 11.8 Å². The molecule has 2 rings (SSSR count). The number of nitrogens with zero attached hydrogens (tertiary/aromatic N) is 1. The fourth-order valence-electron chi connectivity index (χ4n) is 2.20. The summed E-state index contributed by atoms with van der Waals surface area (Å²) in [6, 6.07) is 8.76. The standard InChI is InChI=1S/C13H20N2S/c1-2-15(8-7-14)10-12-9-11-5-3-4-6-13(11)16-12/h3-6,12H,2,7-10,14H2,1H3. The maximum absolute atomic E-state index is 5.61. The van der Waals surface area contributed by atoms with Crippen LogP contribution in [0.3, 0.4) is 0 Å². The molecule has 0 radical (unpaired) electrons. The zero-order valence-electron chi connectivity index (χ0n) is 9.86. The monoisotopic (exact) mass is 236 g/mol. The quantitative estimate of drug-likeness (QED) is 0.847. The van der Waals surface area contributed by atoms with Crippen LogP contribution in [0.1, 0.15) is 12.5 Å². The van der Waals surface area contributed by atoms with Gasteiger partial charge in [-0.2, -0.15) is 0 Å². The first-order chi connectivity index (χ1) is 7.83. The summed E-state index contributed by atoms with van der Waals surface area (Å²) in [5.41, 5.74) is 7.13. The Morgan fingerprint density at radius 2 is 2.25 bits per heavy atom. The van der Waals surface area contributed by atoms with Gasteiger partial charge in [0.25, 0.3) is 0 Å². The van der Waals surface area contributed by atoms with Gasteiger partial charge in [0.15, 0.2) is 0 Å². The minimum absolute atomic E-state index is 0.712. The van der Waals surface area contributed by atoms with Crippen molar-refractivity contribution in [2.24, 2.45) is 5.73 Å². The third-order valence-electron chi connectivity index (χ3n) is 3.07. The molecular formula is C13H20N2S. The van der Waals surface area contributed by atoms with Crippen molar-refractivity contribution >= 4 is 11.8 Å². The van der Waals surface area contributed by atoms with Crippen LogP contribution in [0.25, 0.3) is 0 Å². The molecule has 88 valence electrons. The number of likely N-dealkylation sites (N-methyl/N-ethyl adjacent to an activating group) is 1. The van der Waals surface area contributed by atoms with Crippen molar-refractivity contribution in [2.45, 2.75) is 23.5 Å². The van der Waals surface area contributed by atoms with Crippen LogP contribution in [-0.4, -0.2) is 36.3 Å². The summed E-state index contributed by atoms with van der Waals surface area (Å²) in [5.74, 6) is 0. The molecule has 0 spiro atoms. The average Bonchev–Trinajstić information content (AvgIpc) is 2.70. The Balaban J connectivity index is 1.91. The predicted octanol–water partition coefficient (Wildman–Crippen LogP) is 1.98. The SMILES string of the molecule is CCN(CCN)CC1Cc2ccccc2S1. The smallest absolute Gasteiger partial charge is 0.0263 e. The summed E-state index contributed by atoms with van der Waals surface area (Å²) in [4.78, 5) is 3.92. The minimum Gasteiger partial charge on any atom is -0.329 e. The van der Waals surface area contributed by atoms with E-state index in [4.69, 9.17) is 5.73 Å². The van der Waals surface area contributed by atoms with Gasteiger partial charge in [0.2, 0.25) is 0 Å². The van der Waals surface area contributed by atoms with E-state index in [0.717, 1.165) is 26.2 Å². The molecule has 1 aliphatic heterocycles. The van der Waals surface area contributed by atoms with Crippen molar-refractivity contribution in [3.63, 3.8) is 0 Å².